The van der Waals surface area contributed by atoms with Crippen molar-refractivity contribution in [3.8, 4) is 17.1 Å². The van der Waals surface area contributed by atoms with E-state index in [-0.39, 0.29) is 18.4 Å². The largest absolute Gasteiger partial charge is 0.496 e. The molecule has 0 spiro atoms. The molecular formula is C21H22FN5O4S. The highest BCUT2D eigenvalue weighted by Crippen LogP contribution is 2.28. The smallest absolute Gasteiger partial charge is 0.418 e. The van der Waals surface area contributed by atoms with E-state index in [1.165, 1.54) is 43.3 Å². The van der Waals surface area contributed by atoms with Crippen molar-refractivity contribution in [2.24, 2.45) is 0 Å². The fourth-order valence-corrected chi connectivity index (χ4v) is 3.89. The van der Waals surface area contributed by atoms with Crippen LogP contribution in [0.15, 0.2) is 48.8 Å². The highest BCUT2D eigenvalue weighted by molar-refractivity contribution is 7.99. The normalized spacial score (nSPS) is 12.4. The highest BCUT2D eigenvalue weighted by atomic mass is 32.2. The second-order valence-corrected chi connectivity index (χ2v) is 8.82. The lowest BCUT2D eigenvalue weighted by molar-refractivity contribution is 0.159. The van der Waals surface area contributed by atoms with E-state index in [0.717, 1.165) is 0 Å². The molecule has 2 N–H and O–H groups in total. The average Bonchev–Trinajstić information content (AvgIpc) is 2.73. The van der Waals surface area contributed by atoms with E-state index in [2.05, 4.69) is 25.0 Å². The minimum atomic E-state index is -2.82. The van der Waals surface area contributed by atoms with Crippen LogP contribution in [0.1, 0.15) is 12.5 Å². The second kappa shape index (κ2) is 10.1. The molecule has 1 heterocycles. The van der Waals surface area contributed by atoms with Crippen LogP contribution in [0, 0.1) is 5.82 Å². The Morgan fingerprint density at radius 3 is 2.78 bits per heavy atom. The predicted octanol–water partition coefficient (Wildman–Crippen LogP) is 3.16. The SMILES string of the molecule is CCOC(=O)NS(C)(=O)=Cc1cccc(Nc2ncnc(-c3cc(F)ccc3OC)n2)c1. The molecule has 0 bridgehead atoms. The summed E-state index contributed by atoms with van der Waals surface area (Å²) < 4.78 is 38.7. The number of ether oxygens (including phenoxy) is 2. The lowest BCUT2D eigenvalue weighted by Gasteiger charge is -2.10. The van der Waals surface area contributed by atoms with Crippen LogP contribution in [0.4, 0.5) is 20.8 Å². The van der Waals surface area contributed by atoms with E-state index in [9.17, 15) is 13.4 Å². The van der Waals surface area contributed by atoms with Gasteiger partial charge in [0.25, 0.3) is 0 Å². The number of anilines is 2. The number of benzene rings is 2. The number of hydrogen-bond donors (Lipinski definition) is 2. The zero-order valence-corrected chi connectivity index (χ0v) is 18.5. The van der Waals surface area contributed by atoms with E-state index in [0.29, 0.717) is 22.6 Å². The summed E-state index contributed by atoms with van der Waals surface area (Å²) in [4.78, 5) is 24.1. The Kier molecular flexibility index (Phi) is 7.21. The zero-order chi connectivity index (χ0) is 23.1. The van der Waals surface area contributed by atoms with Gasteiger partial charge in [-0.2, -0.15) is 4.98 Å². The van der Waals surface area contributed by atoms with E-state index in [4.69, 9.17) is 9.47 Å². The number of carbonyl (C=O) groups is 1. The first-order chi connectivity index (χ1) is 15.3. The lowest BCUT2D eigenvalue weighted by atomic mass is 10.2. The number of aromatic nitrogens is 3. The third-order valence-electron chi connectivity index (χ3n) is 4.04. The number of rotatable bonds is 7. The number of hydrogen-bond acceptors (Lipinski definition) is 8. The van der Waals surface area contributed by atoms with Gasteiger partial charge in [-0.3, -0.25) is 0 Å². The summed E-state index contributed by atoms with van der Waals surface area (Å²) in [5.74, 6) is 0.433. The molecule has 32 heavy (non-hydrogen) atoms. The van der Waals surface area contributed by atoms with Crippen LogP contribution in [0.25, 0.3) is 11.4 Å². The van der Waals surface area contributed by atoms with Gasteiger partial charge in [0, 0.05) is 17.3 Å². The van der Waals surface area contributed by atoms with Gasteiger partial charge in [0.1, 0.15) is 17.9 Å². The van der Waals surface area contributed by atoms with Crippen molar-refractivity contribution in [1.82, 2.24) is 19.7 Å². The minimum Gasteiger partial charge on any atom is -0.496 e. The monoisotopic (exact) mass is 459 g/mol. The Bertz CT molecular complexity index is 1240. The van der Waals surface area contributed by atoms with Crippen molar-refractivity contribution in [2.75, 3.05) is 25.3 Å². The highest BCUT2D eigenvalue weighted by Gasteiger charge is 2.12. The first-order valence-corrected chi connectivity index (χ1v) is 11.5. The van der Waals surface area contributed by atoms with Gasteiger partial charge in [0.05, 0.1) is 29.0 Å². The number of nitrogens with one attached hydrogen (secondary N) is 2. The Morgan fingerprint density at radius 2 is 2.03 bits per heavy atom. The Hall–Kier alpha value is -3.73. The van der Waals surface area contributed by atoms with Gasteiger partial charge in [0.15, 0.2) is 5.82 Å². The van der Waals surface area contributed by atoms with Crippen molar-refractivity contribution in [1.29, 1.82) is 0 Å². The van der Waals surface area contributed by atoms with Crippen molar-refractivity contribution < 1.29 is 22.9 Å². The summed E-state index contributed by atoms with van der Waals surface area (Å²) in [5.41, 5.74) is 1.59. The van der Waals surface area contributed by atoms with E-state index in [1.807, 2.05) is 0 Å². The molecule has 1 unspecified atom stereocenters. The van der Waals surface area contributed by atoms with E-state index in [1.54, 1.807) is 31.2 Å². The number of amides is 1. The van der Waals surface area contributed by atoms with Gasteiger partial charge in [0.2, 0.25) is 5.95 Å². The van der Waals surface area contributed by atoms with Gasteiger partial charge in [-0.1, -0.05) is 12.1 Å². The molecule has 0 radical (unpaired) electrons. The van der Waals surface area contributed by atoms with Crippen LogP contribution < -0.4 is 14.8 Å². The summed E-state index contributed by atoms with van der Waals surface area (Å²) in [5, 5.41) is 4.47. The molecule has 9 nitrogen and oxygen atoms in total. The molecule has 1 amide bonds. The summed E-state index contributed by atoms with van der Waals surface area (Å²) in [6.07, 6.45) is 1.94. The molecule has 1 atom stereocenters. The van der Waals surface area contributed by atoms with Crippen LogP contribution >= 0.6 is 0 Å². The summed E-state index contributed by atoms with van der Waals surface area (Å²) in [6.45, 7) is 1.84. The fraction of sp³-hybridized carbons (Fsp3) is 0.190. The van der Waals surface area contributed by atoms with Crippen molar-refractivity contribution in [3.05, 3.63) is 60.2 Å². The Balaban J connectivity index is 1.85. The standard InChI is InChI=1S/C21H22FN5O4S/c1-4-31-21(28)27-32(3,29)12-14-6-5-7-16(10-14)25-20-24-13-23-19(26-20)17-11-15(22)8-9-18(17)30-2/h5-13H,4H2,1-3H3,(H,27,28,29)(H,23,24,25,26). The molecule has 3 rings (SSSR count). The molecule has 0 saturated carbocycles. The van der Waals surface area contributed by atoms with E-state index >= 15 is 0 Å². The molecule has 11 heteroatoms. The van der Waals surface area contributed by atoms with Crippen molar-refractivity contribution >= 4 is 32.8 Å². The maximum absolute atomic E-state index is 13.7. The molecule has 0 fully saturated rings. The molecule has 1 aromatic heterocycles. The summed E-state index contributed by atoms with van der Waals surface area (Å²) in [6, 6.07) is 11.0. The zero-order valence-electron chi connectivity index (χ0n) is 17.7. The predicted molar refractivity (Wildman–Crippen MR) is 121 cm³/mol. The first kappa shape index (κ1) is 22.9. The maximum atomic E-state index is 13.7. The van der Waals surface area contributed by atoms with Crippen LogP contribution in [0.2, 0.25) is 0 Å². The molecular weight excluding hydrogens is 437 g/mol. The molecule has 168 valence electrons. The third-order valence-corrected chi connectivity index (χ3v) is 5.33. The van der Waals surface area contributed by atoms with Gasteiger partial charge < -0.3 is 14.8 Å². The second-order valence-electron chi connectivity index (χ2n) is 6.57. The van der Waals surface area contributed by atoms with Gasteiger partial charge in [-0.25, -0.2) is 28.1 Å². The molecule has 2 aromatic carbocycles. The molecule has 0 saturated heterocycles. The van der Waals surface area contributed by atoms with Gasteiger partial charge >= 0.3 is 6.09 Å². The number of nitrogens with zero attached hydrogens (tertiary/aromatic N) is 3. The van der Waals surface area contributed by atoms with Crippen molar-refractivity contribution in [2.45, 2.75) is 6.92 Å². The average molecular weight is 460 g/mol. The number of halogens is 1. The topological polar surface area (TPSA) is 115 Å². The number of carbonyl (C=O) groups excluding carboxylic acids is 1. The Labute approximate surface area is 185 Å². The van der Waals surface area contributed by atoms with Crippen LogP contribution in [0.5, 0.6) is 5.75 Å². The maximum Gasteiger partial charge on any atom is 0.418 e. The van der Waals surface area contributed by atoms with Crippen LogP contribution in [-0.2, 0) is 14.4 Å². The molecule has 0 aliphatic heterocycles. The van der Waals surface area contributed by atoms with Gasteiger partial charge in [-0.15, -0.1) is 0 Å². The van der Waals surface area contributed by atoms with E-state index < -0.39 is 21.6 Å². The lowest BCUT2D eigenvalue weighted by Crippen LogP contribution is -2.31. The quantitative estimate of drug-likeness (QED) is 0.518. The molecule has 0 aliphatic carbocycles. The number of methoxy groups -OCH3 is 1. The summed E-state index contributed by atoms with van der Waals surface area (Å²) in [7, 11) is -1.34. The minimum absolute atomic E-state index is 0.177. The Morgan fingerprint density at radius 1 is 1.22 bits per heavy atom. The van der Waals surface area contributed by atoms with Gasteiger partial charge in [-0.05, 0) is 42.8 Å². The first-order valence-electron chi connectivity index (χ1n) is 9.48. The fourth-order valence-electron chi connectivity index (χ4n) is 2.78. The van der Waals surface area contributed by atoms with Crippen LogP contribution in [0.3, 0.4) is 0 Å². The van der Waals surface area contributed by atoms with Crippen LogP contribution in [-0.4, -0.2) is 50.6 Å². The summed E-state index contributed by atoms with van der Waals surface area (Å²) >= 11 is 0. The molecule has 0 aliphatic rings. The van der Waals surface area contributed by atoms with Crippen molar-refractivity contribution in [3.63, 3.8) is 0 Å². The molecule has 3 aromatic rings. The third kappa shape index (κ3) is 6.14.